The molecule has 0 aromatic carbocycles. The summed E-state index contributed by atoms with van der Waals surface area (Å²) >= 11 is 0. The average molecular weight is 651 g/mol. The monoisotopic (exact) mass is 650 g/mol. The van der Waals surface area contributed by atoms with Crippen molar-refractivity contribution in [1.82, 2.24) is 29.5 Å². The van der Waals surface area contributed by atoms with Gasteiger partial charge in [-0.2, -0.15) is 26.3 Å². The molecule has 2 saturated heterocycles. The summed E-state index contributed by atoms with van der Waals surface area (Å²) in [5, 5.41) is 7.05. The second-order valence-electron chi connectivity index (χ2n) is 12.0. The number of halogens is 6. The average Bonchev–Trinajstić information content (AvgIpc) is 2.95. The Hall–Kier alpha value is -3.41. The molecule has 4 heterocycles. The number of aromatic nitrogens is 4. The van der Waals surface area contributed by atoms with Gasteiger partial charge in [0.1, 0.15) is 18.1 Å². The van der Waals surface area contributed by atoms with Crippen LogP contribution in [0.25, 0.3) is 0 Å². The Labute approximate surface area is 251 Å². The fourth-order valence-corrected chi connectivity index (χ4v) is 5.60. The molecule has 0 radical (unpaired) electrons. The Kier molecular flexibility index (Phi) is 10.1. The molecule has 44 heavy (non-hydrogen) atoms. The van der Waals surface area contributed by atoms with Crippen molar-refractivity contribution in [2.24, 2.45) is 0 Å². The number of nitrogens with one attached hydrogen (secondary N) is 1. The molecule has 2 aromatic rings. The lowest BCUT2D eigenvalue weighted by Crippen LogP contribution is -2.56. The van der Waals surface area contributed by atoms with Crippen molar-refractivity contribution in [3.05, 3.63) is 39.9 Å². The summed E-state index contributed by atoms with van der Waals surface area (Å²) in [5.41, 5.74) is -3.60. The van der Waals surface area contributed by atoms with E-state index in [1.807, 2.05) is 0 Å². The first kappa shape index (κ1) is 33.5. The Balaban J connectivity index is 1.36. The molecular formula is C26H36F6N8O3Si. The maximum atomic E-state index is 13.7. The van der Waals surface area contributed by atoms with Crippen molar-refractivity contribution in [2.75, 3.05) is 56.1 Å². The van der Waals surface area contributed by atoms with Gasteiger partial charge in [-0.3, -0.25) is 4.79 Å². The quantitative estimate of drug-likeness (QED) is 0.258. The maximum Gasteiger partial charge on any atom is 0.421 e. The maximum absolute atomic E-state index is 13.7. The van der Waals surface area contributed by atoms with Crippen LogP contribution in [0.1, 0.15) is 24.0 Å². The number of rotatable bonds is 8. The zero-order valence-corrected chi connectivity index (χ0v) is 25.7. The van der Waals surface area contributed by atoms with E-state index >= 15 is 0 Å². The number of likely N-dealkylation sites (tertiary alicyclic amines) is 1. The number of nitrogens with zero attached hydrogens (tertiary/aromatic N) is 7. The number of hydrogen-bond donors (Lipinski definition) is 1. The third-order valence-corrected chi connectivity index (χ3v) is 9.04. The lowest BCUT2D eigenvalue weighted by molar-refractivity contribution is -0.139. The van der Waals surface area contributed by atoms with Crippen molar-refractivity contribution in [1.29, 1.82) is 0 Å². The Bertz CT molecular complexity index is 1340. The number of amides is 2. The first-order valence-electron chi connectivity index (χ1n) is 14.2. The van der Waals surface area contributed by atoms with E-state index in [0.717, 1.165) is 18.4 Å². The molecule has 18 heteroatoms. The molecular weight excluding hydrogens is 614 g/mol. The van der Waals surface area contributed by atoms with Gasteiger partial charge < -0.3 is 24.8 Å². The van der Waals surface area contributed by atoms with Gasteiger partial charge in [0.2, 0.25) is 5.95 Å². The molecule has 2 amide bonds. The number of hydrogen-bond acceptors (Lipinski definition) is 8. The predicted octanol–water partition coefficient (Wildman–Crippen LogP) is 4.20. The van der Waals surface area contributed by atoms with Gasteiger partial charge in [-0.05, 0) is 18.9 Å². The van der Waals surface area contributed by atoms with Crippen LogP contribution < -0.4 is 15.8 Å². The summed E-state index contributed by atoms with van der Waals surface area (Å²) in [6, 6.07) is 0.788. The molecule has 1 atom stereocenters. The molecule has 244 valence electrons. The van der Waals surface area contributed by atoms with Crippen LogP contribution in [-0.4, -0.2) is 95.6 Å². The van der Waals surface area contributed by atoms with Gasteiger partial charge in [-0.1, -0.05) is 19.6 Å². The van der Waals surface area contributed by atoms with E-state index in [9.17, 15) is 35.9 Å². The minimum absolute atomic E-state index is 0.140. The van der Waals surface area contributed by atoms with Crippen LogP contribution in [0.3, 0.4) is 0 Å². The van der Waals surface area contributed by atoms with Gasteiger partial charge in [0.15, 0.2) is 0 Å². The van der Waals surface area contributed by atoms with Crippen molar-refractivity contribution in [3.8, 4) is 0 Å². The normalized spacial score (nSPS) is 18.5. The van der Waals surface area contributed by atoms with E-state index in [-0.39, 0.29) is 37.4 Å². The molecule has 2 aromatic heterocycles. The lowest BCUT2D eigenvalue weighted by Gasteiger charge is -2.40. The molecule has 1 N–H and O–H groups in total. The fraction of sp³-hybridized carbons (Fsp3) is 0.654. The van der Waals surface area contributed by atoms with Gasteiger partial charge in [-0.15, -0.1) is 5.10 Å². The highest BCUT2D eigenvalue weighted by Gasteiger charge is 2.37. The van der Waals surface area contributed by atoms with Gasteiger partial charge in [0.25, 0.3) is 5.56 Å². The number of urea groups is 1. The molecule has 4 rings (SSSR count). The second kappa shape index (κ2) is 13.3. The standard InChI is InChI=1S/C26H36F6N8O3Si/c1-44(2,3)12-11-43-17-40-22(41)20(26(30,31)32)13-21(36-40)35-19-5-4-6-39(16-19)24(42)38-9-7-37(8-10-38)23-33-14-18(15-34-23)25(27,28)29/h13-15,19H,4-12,16-17H2,1-3H3,(H,35,36)/t19-/m1/s1. The lowest BCUT2D eigenvalue weighted by atomic mass is 10.1. The van der Waals surface area contributed by atoms with Crippen LogP contribution in [0.15, 0.2) is 23.3 Å². The van der Waals surface area contributed by atoms with Crippen molar-refractivity contribution >= 4 is 25.9 Å². The van der Waals surface area contributed by atoms with Crippen molar-refractivity contribution in [3.63, 3.8) is 0 Å². The molecule has 0 unspecified atom stereocenters. The second-order valence-corrected chi connectivity index (χ2v) is 17.7. The summed E-state index contributed by atoms with van der Waals surface area (Å²) in [7, 11) is -1.45. The third-order valence-electron chi connectivity index (χ3n) is 7.33. The van der Waals surface area contributed by atoms with Crippen LogP contribution in [0.4, 0.5) is 42.9 Å². The largest absolute Gasteiger partial charge is 0.421 e. The third kappa shape index (κ3) is 8.83. The highest BCUT2D eigenvalue weighted by atomic mass is 28.3. The first-order chi connectivity index (χ1) is 20.5. The summed E-state index contributed by atoms with van der Waals surface area (Å²) < 4.78 is 85.6. The number of alkyl halides is 6. The number of piperidine rings is 1. The highest BCUT2D eigenvalue weighted by molar-refractivity contribution is 6.76. The number of carbonyl (C=O) groups excluding carboxylic acids is 1. The molecule has 0 spiro atoms. The summed E-state index contributed by atoms with van der Waals surface area (Å²) in [5.74, 6) is -0.00368. The molecule has 2 aliphatic rings. The van der Waals surface area contributed by atoms with Gasteiger partial charge in [0.05, 0.1) is 5.56 Å². The van der Waals surface area contributed by atoms with E-state index in [4.69, 9.17) is 4.74 Å². The van der Waals surface area contributed by atoms with Crippen LogP contribution in [0, 0.1) is 0 Å². The van der Waals surface area contributed by atoms with Gasteiger partial charge >= 0.3 is 18.4 Å². The number of ether oxygens (including phenoxy) is 1. The van der Waals surface area contributed by atoms with E-state index in [1.165, 1.54) is 0 Å². The molecule has 11 nitrogen and oxygen atoms in total. The molecule has 0 bridgehead atoms. The zero-order valence-electron chi connectivity index (χ0n) is 24.7. The van der Waals surface area contributed by atoms with E-state index < -0.39 is 49.9 Å². The number of anilines is 2. The van der Waals surface area contributed by atoms with Crippen LogP contribution in [-0.2, 0) is 23.8 Å². The van der Waals surface area contributed by atoms with E-state index in [1.54, 1.807) is 14.7 Å². The first-order valence-corrected chi connectivity index (χ1v) is 17.9. The van der Waals surface area contributed by atoms with Crippen LogP contribution in [0.5, 0.6) is 0 Å². The van der Waals surface area contributed by atoms with E-state index in [2.05, 4.69) is 40.0 Å². The number of piperazine rings is 1. The summed E-state index contributed by atoms with van der Waals surface area (Å²) in [6.45, 7) is 8.14. The van der Waals surface area contributed by atoms with Gasteiger partial charge in [-0.25, -0.2) is 19.4 Å². The minimum atomic E-state index is -4.89. The minimum Gasteiger partial charge on any atom is -0.364 e. The fourth-order valence-electron chi connectivity index (χ4n) is 4.84. The van der Waals surface area contributed by atoms with Crippen molar-refractivity contribution in [2.45, 2.75) is 63.7 Å². The SMILES string of the molecule is C[Si](C)(C)CCOCn1nc(N[C@@H]2CCCN(C(=O)N3CCN(c4ncc(C(F)(F)F)cn4)CC3)C2)cc(C(F)(F)F)c1=O. The van der Waals surface area contributed by atoms with Crippen LogP contribution >= 0.6 is 0 Å². The van der Waals surface area contributed by atoms with Crippen LogP contribution in [0.2, 0.25) is 25.7 Å². The molecule has 0 saturated carbocycles. The van der Waals surface area contributed by atoms with Gasteiger partial charge in [0, 0.05) is 78.5 Å². The van der Waals surface area contributed by atoms with E-state index in [0.29, 0.717) is 49.8 Å². The number of carbonyl (C=O) groups is 1. The smallest absolute Gasteiger partial charge is 0.364 e. The molecule has 2 fully saturated rings. The topological polar surface area (TPSA) is 109 Å². The zero-order chi connectivity index (χ0) is 32.3. The highest BCUT2D eigenvalue weighted by Crippen LogP contribution is 2.29. The Morgan fingerprint density at radius 3 is 2.25 bits per heavy atom. The Morgan fingerprint density at radius 2 is 1.66 bits per heavy atom. The summed E-state index contributed by atoms with van der Waals surface area (Å²) in [6.07, 6.45) is -6.82. The Morgan fingerprint density at radius 1 is 1.00 bits per heavy atom. The summed E-state index contributed by atoms with van der Waals surface area (Å²) in [4.78, 5) is 38.3. The molecule has 0 aliphatic carbocycles. The van der Waals surface area contributed by atoms with Crippen molar-refractivity contribution < 1.29 is 35.9 Å². The molecule has 2 aliphatic heterocycles. The predicted molar refractivity (Wildman–Crippen MR) is 152 cm³/mol.